The fourth-order valence-electron chi connectivity index (χ4n) is 3.41. The van der Waals surface area contributed by atoms with E-state index in [1.54, 1.807) is 0 Å². The third kappa shape index (κ3) is 2.66. The van der Waals surface area contributed by atoms with Crippen molar-refractivity contribution in [2.75, 3.05) is 31.1 Å². The van der Waals surface area contributed by atoms with E-state index in [-0.39, 0.29) is 18.2 Å². The molecule has 4 heteroatoms. The number of amides is 1. The fourth-order valence-corrected chi connectivity index (χ4v) is 3.41. The van der Waals surface area contributed by atoms with Gasteiger partial charge in [-0.1, -0.05) is 17.7 Å². The molecule has 0 unspecified atom stereocenters. The van der Waals surface area contributed by atoms with E-state index in [1.165, 1.54) is 12.8 Å². The summed E-state index contributed by atoms with van der Waals surface area (Å²) < 4.78 is 0. The van der Waals surface area contributed by atoms with Crippen LogP contribution in [0.5, 0.6) is 0 Å². The summed E-state index contributed by atoms with van der Waals surface area (Å²) in [7, 11) is 0. The van der Waals surface area contributed by atoms with Gasteiger partial charge in [0, 0.05) is 18.8 Å². The van der Waals surface area contributed by atoms with E-state index in [1.807, 2.05) is 24.0 Å². The first-order valence-electron chi connectivity index (χ1n) is 7.72. The Labute approximate surface area is 126 Å². The number of nitrogens with zero attached hydrogens (tertiary/aromatic N) is 3. The van der Waals surface area contributed by atoms with Crippen LogP contribution in [0.3, 0.4) is 0 Å². The Balaban J connectivity index is 1.81. The normalized spacial score (nSPS) is 21.6. The van der Waals surface area contributed by atoms with Gasteiger partial charge in [0.15, 0.2) is 0 Å². The van der Waals surface area contributed by atoms with Gasteiger partial charge in [0.05, 0.1) is 18.4 Å². The molecule has 2 aliphatic rings. The molecule has 1 aromatic rings. The first-order valence-corrected chi connectivity index (χ1v) is 7.72. The number of carbonyl (C=O) groups is 1. The molecule has 0 aromatic heterocycles. The summed E-state index contributed by atoms with van der Waals surface area (Å²) in [6.45, 7) is 5.98. The second kappa shape index (κ2) is 5.87. The van der Waals surface area contributed by atoms with Crippen molar-refractivity contribution >= 4 is 11.6 Å². The molecule has 1 fully saturated rings. The van der Waals surface area contributed by atoms with Crippen molar-refractivity contribution < 1.29 is 4.79 Å². The van der Waals surface area contributed by atoms with E-state index in [4.69, 9.17) is 5.26 Å². The van der Waals surface area contributed by atoms with E-state index < -0.39 is 0 Å². The van der Waals surface area contributed by atoms with E-state index >= 15 is 0 Å². The number of hydrogen-bond donors (Lipinski definition) is 0. The number of nitriles is 1. The molecule has 4 nitrogen and oxygen atoms in total. The molecule has 0 spiro atoms. The van der Waals surface area contributed by atoms with Crippen LogP contribution in [0.2, 0.25) is 0 Å². The monoisotopic (exact) mass is 283 g/mol. The Hall–Kier alpha value is -1.86. The Kier molecular flexibility index (Phi) is 3.94. The summed E-state index contributed by atoms with van der Waals surface area (Å²) in [5.41, 5.74) is 3.18. The van der Waals surface area contributed by atoms with Crippen molar-refractivity contribution in [3.8, 4) is 6.07 Å². The van der Waals surface area contributed by atoms with E-state index in [9.17, 15) is 4.79 Å². The molecule has 110 valence electrons. The van der Waals surface area contributed by atoms with E-state index in [2.05, 4.69) is 17.0 Å². The first kappa shape index (κ1) is 14.1. The number of anilines is 1. The lowest BCUT2D eigenvalue weighted by atomic mass is 9.96. The van der Waals surface area contributed by atoms with Crippen LogP contribution in [-0.2, 0) is 4.79 Å². The number of aryl methyl sites for hydroxylation is 1. The van der Waals surface area contributed by atoms with Crippen LogP contribution in [0.25, 0.3) is 0 Å². The van der Waals surface area contributed by atoms with Crippen molar-refractivity contribution in [3.05, 3.63) is 29.3 Å². The summed E-state index contributed by atoms with van der Waals surface area (Å²) in [6, 6.07) is 8.30. The Morgan fingerprint density at radius 2 is 2.05 bits per heavy atom. The van der Waals surface area contributed by atoms with Gasteiger partial charge in [0.2, 0.25) is 5.91 Å². The molecule has 0 radical (unpaired) electrons. The maximum absolute atomic E-state index is 12.6. The minimum absolute atomic E-state index is 0.0938. The van der Waals surface area contributed by atoms with Gasteiger partial charge < -0.3 is 9.80 Å². The van der Waals surface area contributed by atoms with Crippen LogP contribution >= 0.6 is 0 Å². The third-order valence-corrected chi connectivity index (χ3v) is 4.55. The van der Waals surface area contributed by atoms with Crippen molar-refractivity contribution in [2.45, 2.75) is 32.1 Å². The van der Waals surface area contributed by atoms with Crippen molar-refractivity contribution in [2.24, 2.45) is 0 Å². The lowest BCUT2D eigenvalue weighted by molar-refractivity contribution is -0.119. The number of carbonyl (C=O) groups excluding carboxylic acids is 1. The predicted molar refractivity (Wildman–Crippen MR) is 82.2 cm³/mol. The standard InChI is InChI=1S/C17H21N3O/c1-13-4-5-16-15(12-13)14(6-7-18)17(21)20(16)11-10-19-8-2-3-9-19/h4-5,12,14H,2-3,6,8-11H2,1H3/t14-/m0/s1. The minimum atomic E-state index is -0.275. The molecule has 1 atom stereocenters. The molecule has 2 aliphatic heterocycles. The zero-order chi connectivity index (χ0) is 14.8. The van der Waals surface area contributed by atoms with Crippen LogP contribution in [-0.4, -0.2) is 37.0 Å². The molecule has 0 bridgehead atoms. The van der Waals surface area contributed by atoms with E-state index in [0.29, 0.717) is 0 Å². The lowest BCUT2D eigenvalue weighted by Crippen LogP contribution is -2.36. The second-order valence-corrected chi connectivity index (χ2v) is 6.02. The first-order chi connectivity index (χ1) is 10.2. The molecule has 1 saturated heterocycles. The molecule has 21 heavy (non-hydrogen) atoms. The van der Waals surface area contributed by atoms with Crippen molar-refractivity contribution in [3.63, 3.8) is 0 Å². The number of benzene rings is 1. The summed E-state index contributed by atoms with van der Waals surface area (Å²) in [6.07, 6.45) is 2.80. The highest BCUT2D eigenvalue weighted by Gasteiger charge is 2.37. The minimum Gasteiger partial charge on any atom is -0.310 e. The van der Waals surface area contributed by atoms with Gasteiger partial charge in [0.25, 0.3) is 0 Å². The average molecular weight is 283 g/mol. The smallest absolute Gasteiger partial charge is 0.235 e. The van der Waals surface area contributed by atoms with Gasteiger partial charge in [-0.2, -0.15) is 5.26 Å². The second-order valence-electron chi connectivity index (χ2n) is 6.02. The Morgan fingerprint density at radius 3 is 2.76 bits per heavy atom. The zero-order valence-corrected chi connectivity index (χ0v) is 12.5. The van der Waals surface area contributed by atoms with Gasteiger partial charge in [-0.05, 0) is 44.5 Å². The average Bonchev–Trinajstić information content (AvgIpc) is 3.06. The predicted octanol–water partition coefficient (Wildman–Crippen LogP) is 2.43. The summed E-state index contributed by atoms with van der Waals surface area (Å²) in [5.74, 6) is -0.181. The van der Waals surface area contributed by atoms with Gasteiger partial charge in [-0.15, -0.1) is 0 Å². The van der Waals surface area contributed by atoms with Crippen LogP contribution in [0, 0.1) is 18.3 Å². The molecule has 0 N–H and O–H groups in total. The largest absolute Gasteiger partial charge is 0.310 e. The molecule has 1 aromatic carbocycles. The molecule has 2 heterocycles. The topological polar surface area (TPSA) is 47.3 Å². The maximum Gasteiger partial charge on any atom is 0.235 e. The van der Waals surface area contributed by atoms with Crippen LogP contribution in [0.4, 0.5) is 5.69 Å². The molecular formula is C17H21N3O. The number of fused-ring (bicyclic) bond motifs is 1. The van der Waals surface area contributed by atoms with Gasteiger partial charge in [-0.3, -0.25) is 4.79 Å². The van der Waals surface area contributed by atoms with Gasteiger partial charge in [0.1, 0.15) is 0 Å². The SMILES string of the molecule is Cc1ccc2c(c1)[C@H](CC#N)C(=O)N2CCN1CCCC1. The van der Waals surface area contributed by atoms with Crippen molar-refractivity contribution in [1.29, 1.82) is 5.26 Å². The number of rotatable bonds is 4. The highest BCUT2D eigenvalue weighted by molar-refractivity contribution is 6.05. The number of hydrogen-bond acceptors (Lipinski definition) is 3. The highest BCUT2D eigenvalue weighted by atomic mass is 16.2. The highest BCUT2D eigenvalue weighted by Crippen LogP contribution is 2.39. The van der Waals surface area contributed by atoms with E-state index in [0.717, 1.165) is 43.0 Å². The molecule has 0 aliphatic carbocycles. The summed E-state index contributed by atoms with van der Waals surface area (Å²) in [4.78, 5) is 16.9. The van der Waals surface area contributed by atoms with Crippen molar-refractivity contribution in [1.82, 2.24) is 4.90 Å². The van der Waals surface area contributed by atoms with Gasteiger partial charge in [-0.25, -0.2) is 0 Å². The molecule has 1 amide bonds. The molecule has 3 rings (SSSR count). The van der Waals surface area contributed by atoms with Crippen LogP contribution < -0.4 is 4.90 Å². The van der Waals surface area contributed by atoms with Crippen LogP contribution in [0.15, 0.2) is 18.2 Å². The van der Waals surface area contributed by atoms with Gasteiger partial charge >= 0.3 is 0 Å². The fraction of sp³-hybridized carbons (Fsp3) is 0.529. The van der Waals surface area contributed by atoms with Crippen LogP contribution in [0.1, 0.15) is 36.3 Å². The maximum atomic E-state index is 12.6. The lowest BCUT2D eigenvalue weighted by Gasteiger charge is -2.22. The quantitative estimate of drug-likeness (QED) is 0.852. The molecular weight excluding hydrogens is 262 g/mol. The third-order valence-electron chi connectivity index (χ3n) is 4.55. The number of likely N-dealkylation sites (tertiary alicyclic amines) is 1. The Bertz CT molecular complexity index is 584. The summed E-state index contributed by atoms with van der Waals surface area (Å²) >= 11 is 0. The zero-order valence-electron chi connectivity index (χ0n) is 12.5. The molecule has 0 saturated carbocycles. The Morgan fingerprint density at radius 1 is 1.29 bits per heavy atom. The summed E-state index contributed by atoms with van der Waals surface area (Å²) in [5, 5.41) is 9.00.